The standard InChI is InChI=1S/C20H29NO/c1-14-12-21(13-15(2)22-14)20-10-9-19(11-20)18-7-5-17(6-8-18)16-3-4-16/h5-8,14-16,19-20H,3-4,9-13H2,1-2H3/t14-,15+,19-,20+/m0/s1. The van der Waals surface area contributed by atoms with Crippen LogP contribution in [0, 0.1) is 0 Å². The van der Waals surface area contributed by atoms with Gasteiger partial charge in [-0.25, -0.2) is 0 Å². The molecule has 0 radical (unpaired) electrons. The molecule has 2 aliphatic carbocycles. The van der Waals surface area contributed by atoms with Crippen molar-refractivity contribution in [3.8, 4) is 0 Å². The van der Waals surface area contributed by atoms with Gasteiger partial charge < -0.3 is 4.74 Å². The summed E-state index contributed by atoms with van der Waals surface area (Å²) in [6.45, 7) is 6.65. The molecule has 0 bridgehead atoms. The van der Waals surface area contributed by atoms with E-state index in [1.807, 2.05) is 0 Å². The van der Waals surface area contributed by atoms with E-state index < -0.39 is 0 Å². The lowest BCUT2D eigenvalue weighted by molar-refractivity contribution is -0.0796. The molecule has 0 N–H and O–H groups in total. The summed E-state index contributed by atoms with van der Waals surface area (Å²) in [5.41, 5.74) is 3.13. The van der Waals surface area contributed by atoms with E-state index in [1.54, 1.807) is 11.1 Å². The molecule has 3 fully saturated rings. The molecule has 120 valence electrons. The van der Waals surface area contributed by atoms with Gasteiger partial charge in [-0.15, -0.1) is 0 Å². The molecule has 1 aromatic carbocycles. The largest absolute Gasteiger partial charge is 0.373 e. The lowest BCUT2D eigenvalue weighted by Crippen LogP contribution is -2.49. The summed E-state index contributed by atoms with van der Waals surface area (Å²) in [5, 5.41) is 0. The minimum atomic E-state index is 0.389. The number of ether oxygens (including phenoxy) is 1. The van der Waals surface area contributed by atoms with Gasteiger partial charge in [-0.1, -0.05) is 24.3 Å². The van der Waals surface area contributed by atoms with Crippen LogP contribution in [-0.4, -0.2) is 36.2 Å². The average molecular weight is 299 g/mol. The molecule has 0 spiro atoms. The Kier molecular flexibility index (Phi) is 4.00. The lowest BCUT2D eigenvalue weighted by atomic mass is 9.95. The van der Waals surface area contributed by atoms with Gasteiger partial charge in [0.15, 0.2) is 0 Å². The molecule has 2 nitrogen and oxygen atoms in total. The number of nitrogens with zero attached hydrogens (tertiary/aromatic N) is 1. The molecule has 0 amide bonds. The van der Waals surface area contributed by atoms with E-state index in [4.69, 9.17) is 4.74 Å². The number of benzene rings is 1. The van der Waals surface area contributed by atoms with Crippen LogP contribution in [0.1, 0.15) is 68.9 Å². The molecule has 2 heteroatoms. The maximum absolute atomic E-state index is 5.89. The van der Waals surface area contributed by atoms with E-state index in [0.29, 0.717) is 12.2 Å². The Morgan fingerprint density at radius 2 is 1.36 bits per heavy atom. The van der Waals surface area contributed by atoms with E-state index in [-0.39, 0.29) is 0 Å². The highest BCUT2D eigenvalue weighted by atomic mass is 16.5. The van der Waals surface area contributed by atoms with Gasteiger partial charge in [-0.2, -0.15) is 0 Å². The summed E-state index contributed by atoms with van der Waals surface area (Å²) in [7, 11) is 0. The third-order valence-electron chi connectivity index (χ3n) is 5.83. The van der Waals surface area contributed by atoms with Crippen LogP contribution in [-0.2, 0) is 4.74 Å². The Labute approximate surface area is 134 Å². The Morgan fingerprint density at radius 1 is 0.818 bits per heavy atom. The molecule has 3 aliphatic rings. The van der Waals surface area contributed by atoms with E-state index in [1.165, 1.54) is 32.1 Å². The first-order valence-electron chi connectivity index (χ1n) is 9.18. The van der Waals surface area contributed by atoms with E-state index in [0.717, 1.165) is 31.0 Å². The van der Waals surface area contributed by atoms with Gasteiger partial charge in [0.2, 0.25) is 0 Å². The fourth-order valence-electron chi connectivity index (χ4n) is 4.56. The molecule has 4 rings (SSSR count). The summed E-state index contributed by atoms with van der Waals surface area (Å²) in [6.07, 6.45) is 7.63. The maximum atomic E-state index is 5.89. The van der Waals surface area contributed by atoms with Gasteiger partial charge >= 0.3 is 0 Å². The number of morpholine rings is 1. The summed E-state index contributed by atoms with van der Waals surface area (Å²) < 4.78 is 5.89. The molecule has 1 heterocycles. The topological polar surface area (TPSA) is 12.5 Å². The fraction of sp³-hybridized carbons (Fsp3) is 0.700. The van der Waals surface area contributed by atoms with E-state index >= 15 is 0 Å². The first-order chi connectivity index (χ1) is 10.7. The molecule has 2 saturated carbocycles. The molecule has 4 atom stereocenters. The van der Waals surface area contributed by atoms with Crippen molar-refractivity contribution in [3.63, 3.8) is 0 Å². The van der Waals surface area contributed by atoms with Gasteiger partial charge in [-0.05, 0) is 68.9 Å². The Hall–Kier alpha value is -0.860. The Bertz CT molecular complexity index is 497. The summed E-state index contributed by atoms with van der Waals surface area (Å²) in [6, 6.07) is 10.4. The van der Waals surface area contributed by atoms with Gasteiger partial charge in [0.05, 0.1) is 12.2 Å². The van der Waals surface area contributed by atoms with Crippen LogP contribution in [0.3, 0.4) is 0 Å². The quantitative estimate of drug-likeness (QED) is 0.824. The average Bonchev–Trinajstić information content (AvgIpc) is 3.23. The molecule has 0 unspecified atom stereocenters. The van der Waals surface area contributed by atoms with Gasteiger partial charge in [0, 0.05) is 19.1 Å². The molecule has 1 aliphatic heterocycles. The highest BCUT2D eigenvalue weighted by Crippen LogP contribution is 2.42. The molecule has 22 heavy (non-hydrogen) atoms. The fourth-order valence-corrected chi connectivity index (χ4v) is 4.56. The molecular weight excluding hydrogens is 270 g/mol. The van der Waals surface area contributed by atoms with Crippen LogP contribution < -0.4 is 0 Å². The van der Waals surface area contributed by atoms with Gasteiger partial charge in [-0.3, -0.25) is 4.90 Å². The zero-order valence-corrected chi connectivity index (χ0v) is 14.0. The second-order valence-corrected chi connectivity index (χ2v) is 7.82. The third-order valence-corrected chi connectivity index (χ3v) is 5.83. The normalized spacial score (nSPS) is 36.6. The van der Waals surface area contributed by atoms with E-state index in [2.05, 4.69) is 43.0 Å². The van der Waals surface area contributed by atoms with Crippen molar-refractivity contribution in [2.75, 3.05) is 13.1 Å². The monoisotopic (exact) mass is 299 g/mol. The smallest absolute Gasteiger partial charge is 0.0678 e. The SMILES string of the molecule is C[C@@H]1CN([C@@H]2CC[C@H](c3ccc(C4CC4)cc3)C2)C[C@H](C)O1. The van der Waals surface area contributed by atoms with Crippen molar-refractivity contribution >= 4 is 0 Å². The summed E-state index contributed by atoms with van der Waals surface area (Å²) in [4.78, 5) is 2.69. The van der Waals surface area contributed by atoms with Crippen molar-refractivity contribution in [1.82, 2.24) is 4.90 Å². The van der Waals surface area contributed by atoms with Crippen molar-refractivity contribution in [1.29, 1.82) is 0 Å². The van der Waals surface area contributed by atoms with Gasteiger partial charge in [0.25, 0.3) is 0 Å². The predicted molar refractivity (Wildman–Crippen MR) is 90.4 cm³/mol. The molecule has 1 aromatic rings. The molecular formula is C20H29NO. The first-order valence-corrected chi connectivity index (χ1v) is 9.18. The Morgan fingerprint density at radius 3 is 1.95 bits per heavy atom. The summed E-state index contributed by atoms with van der Waals surface area (Å²) in [5.74, 6) is 1.65. The summed E-state index contributed by atoms with van der Waals surface area (Å²) >= 11 is 0. The zero-order chi connectivity index (χ0) is 15.1. The van der Waals surface area contributed by atoms with Crippen molar-refractivity contribution in [2.24, 2.45) is 0 Å². The highest BCUT2D eigenvalue weighted by molar-refractivity contribution is 5.30. The van der Waals surface area contributed by atoms with Crippen LogP contribution in [0.2, 0.25) is 0 Å². The Balaban J connectivity index is 1.39. The van der Waals surface area contributed by atoms with Crippen LogP contribution in [0.15, 0.2) is 24.3 Å². The predicted octanol–water partition coefficient (Wildman–Crippen LogP) is 4.31. The number of hydrogen-bond acceptors (Lipinski definition) is 2. The van der Waals surface area contributed by atoms with Crippen LogP contribution >= 0.6 is 0 Å². The number of rotatable bonds is 3. The number of hydrogen-bond donors (Lipinski definition) is 0. The lowest BCUT2D eigenvalue weighted by Gasteiger charge is -2.39. The maximum Gasteiger partial charge on any atom is 0.0678 e. The molecule has 0 aromatic heterocycles. The minimum Gasteiger partial charge on any atom is -0.373 e. The van der Waals surface area contributed by atoms with Crippen molar-refractivity contribution in [3.05, 3.63) is 35.4 Å². The highest BCUT2D eigenvalue weighted by Gasteiger charge is 2.34. The second kappa shape index (κ2) is 5.98. The van der Waals surface area contributed by atoms with Crippen LogP contribution in [0.25, 0.3) is 0 Å². The zero-order valence-electron chi connectivity index (χ0n) is 14.0. The van der Waals surface area contributed by atoms with Crippen molar-refractivity contribution in [2.45, 2.75) is 76.0 Å². The van der Waals surface area contributed by atoms with Crippen molar-refractivity contribution < 1.29 is 4.74 Å². The van der Waals surface area contributed by atoms with Gasteiger partial charge in [0.1, 0.15) is 0 Å². The second-order valence-electron chi connectivity index (χ2n) is 7.82. The van der Waals surface area contributed by atoms with Crippen LogP contribution in [0.4, 0.5) is 0 Å². The third kappa shape index (κ3) is 3.09. The molecule has 1 saturated heterocycles. The minimum absolute atomic E-state index is 0.389. The van der Waals surface area contributed by atoms with Crippen LogP contribution in [0.5, 0.6) is 0 Å². The first kappa shape index (κ1) is 14.7. The van der Waals surface area contributed by atoms with E-state index in [9.17, 15) is 0 Å².